The van der Waals surface area contributed by atoms with Crippen molar-refractivity contribution in [3.63, 3.8) is 0 Å². The molecule has 1 heterocycles. The summed E-state index contributed by atoms with van der Waals surface area (Å²) in [5.41, 5.74) is -3.89. The summed E-state index contributed by atoms with van der Waals surface area (Å²) in [5, 5.41) is 2.72. The standard InChI is InChI=1S/C26H22ClF6N3O3/c1-2-19-22(30)25(38)36-23(35-19)20-17(26(31,32)33)6-4-12(21(20)29)10-34-24(37)14-7-16(8-14)39-11-13-3-5-15(28)9-18(13)27/h3-6,9,14,16H,2,7-8,10-11H2,1H3,(H,34,37)(H,35,36,38). The number of amides is 1. The lowest BCUT2D eigenvalue weighted by molar-refractivity contribution is -0.137. The van der Waals surface area contributed by atoms with E-state index in [9.17, 15) is 31.5 Å². The van der Waals surface area contributed by atoms with E-state index in [-0.39, 0.29) is 29.7 Å². The predicted molar refractivity (Wildman–Crippen MR) is 129 cm³/mol. The van der Waals surface area contributed by atoms with Crippen LogP contribution in [-0.4, -0.2) is 22.0 Å². The fourth-order valence-electron chi connectivity index (χ4n) is 4.17. The van der Waals surface area contributed by atoms with Crippen molar-refractivity contribution in [1.29, 1.82) is 0 Å². The zero-order valence-corrected chi connectivity index (χ0v) is 21.2. The van der Waals surface area contributed by atoms with Gasteiger partial charge in [-0.1, -0.05) is 30.7 Å². The van der Waals surface area contributed by atoms with Gasteiger partial charge in [0.05, 0.1) is 29.5 Å². The molecule has 39 heavy (non-hydrogen) atoms. The Morgan fingerprint density at radius 1 is 1.13 bits per heavy atom. The van der Waals surface area contributed by atoms with E-state index in [0.717, 1.165) is 12.1 Å². The second-order valence-corrected chi connectivity index (χ2v) is 9.45. The first-order valence-electron chi connectivity index (χ1n) is 11.9. The van der Waals surface area contributed by atoms with Gasteiger partial charge in [-0.15, -0.1) is 0 Å². The molecule has 1 aliphatic carbocycles. The van der Waals surface area contributed by atoms with Gasteiger partial charge >= 0.3 is 6.18 Å². The summed E-state index contributed by atoms with van der Waals surface area (Å²) in [6, 6.07) is 5.40. The Balaban J connectivity index is 1.44. The Morgan fingerprint density at radius 2 is 1.82 bits per heavy atom. The minimum atomic E-state index is -5.00. The molecule has 0 spiro atoms. The zero-order valence-electron chi connectivity index (χ0n) is 20.4. The number of aryl methyl sites for hydroxylation is 1. The lowest BCUT2D eigenvalue weighted by Gasteiger charge is -2.34. The molecule has 1 amide bonds. The summed E-state index contributed by atoms with van der Waals surface area (Å²) < 4.78 is 89.1. The summed E-state index contributed by atoms with van der Waals surface area (Å²) >= 11 is 5.96. The third-order valence-corrected chi connectivity index (χ3v) is 6.79. The van der Waals surface area contributed by atoms with E-state index in [1.54, 1.807) is 0 Å². The average Bonchev–Trinajstić information content (AvgIpc) is 2.84. The molecule has 1 fully saturated rings. The number of hydrogen-bond donors (Lipinski definition) is 2. The molecule has 0 atom stereocenters. The smallest absolute Gasteiger partial charge is 0.373 e. The maximum absolute atomic E-state index is 15.4. The Bertz CT molecular complexity index is 1450. The fourth-order valence-corrected chi connectivity index (χ4v) is 4.39. The molecule has 0 bridgehead atoms. The van der Waals surface area contributed by atoms with Crippen LogP contribution in [0.4, 0.5) is 26.3 Å². The minimum absolute atomic E-state index is 0.107. The van der Waals surface area contributed by atoms with Crippen molar-refractivity contribution in [2.75, 3.05) is 0 Å². The van der Waals surface area contributed by atoms with Crippen LogP contribution in [0.3, 0.4) is 0 Å². The number of aromatic nitrogens is 2. The second-order valence-electron chi connectivity index (χ2n) is 9.04. The molecule has 3 aromatic rings. The zero-order chi connectivity index (χ0) is 28.5. The summed E-state index contributed by atoms with van der Waals surface area (Å²) in [4.78, 5) is 30.0. The minimum Gasteiger partial charge on any atom is -0.373 e. The molecule has 4 rings (SSSR count). The van der Waals surface area contributed by atoms with E-state index in [2.05, 4.69) is 10.3 Å². The van der Waals surface area contributed by atoms with Crippen LogP contribution in [-0.2, 0) is 35.3 Å². The quantitative estimate of drug-likeness (QED) is 0.339. The van der Waals surface area contributed by atoms with Gasteiger partial charge in [-0.3, -0.25) is 9.59 Å². The number of rotatable bonds is 8. The molecule has 2 aromatic carbocycles. The van der Waals surface area contributed by atoms with Gasteiger partial charge in [-0.25, -0.2) is 13.8 Å². The van der Waals surface area contributed by atoms with Gasteiger partial charge in [-0.05, 0) is 43.0 Å². The molecular weight excluding hydrogens is 552 g/mol. The van der Waals surface area contributed by atoms with E-state index < -0.39 is 70.2 Å². The number of H-pyrrole nitrogens is 1. The molecule has 0 unspecified atom stereocenters. The van der Waals surface area contributed by atoms with Crippen LogP contribution in [0.15, 0.2) is 35.1 Å². The van der Waals surface area contributed by atoms with Crippen LogP contribution in [0, 0.1) is 23.4 Å². The van der Waals surface area contributed by atoms with Gasteiger partial charge in [0, 0.05) is 23.0 Å². The molecule has 0 saturated heterocycles. The van der Waals surface area contributed by atoms with E-state index in [4.69, 9.17) is 16.3 Å². The van der Waals surface area contributed by atoms with E-state index in [1.165, 1.54) is 19.1 Å². The van der Waals surface area contributed by atoms with Crippen molar-refractivity contribution in [1.82, 2.24) is 15.3 Å². The molecule has 0 aliphatic heterocycles. The Labute approximate surface area is 223 Å². The normalized spacial score (nSPS) is 17.1. The molecule has 1 saturated carbocycles. The molecule has 6 nitrogen and oxygen atoms in total. The van der Waals surface area contributed by atoms with E-state index >= 15 is 4.39 Å². The summed E-state index contributed by atoms with van der Waals surface area (Å²) in [7, 11) is 0. The number of halogens is 7. The first kappa shape index (κ1) is 28.6. The lowest BCUT2D eigenvalue weighted by atomic mass is 9.81. The molecule has 13 heteroatoms. The lowest BCUT2D eigenvalue weighted by Crippen LogP contribution is -2.42. The number of ether oxygens (including phenoxy) is 1. The van der Waals surface area contributed by atoms with Crippen molar-refractivity contribution in [3.8, 4) is 11.4 Å². The topological polar surface area (TPSA) is 84.1 Å². The highest BCUT2D eigenvalue weighted by Gasteiger charge is 2.38. The third kappa shape index (κ3) is 6.27. The average molecular weight is 574 g/mol. The van der Waals surface area contributed by atoms with Crippen LogP contribution >= 0.6 is 11.6 Å². The summed E-state index contributed by atoms with van der Waals surface area (Å²) in [6.07, 6.45) is -4.66. The van der Waals surface area contributed by atoms with Crippen LogP contribution in [0.25, 0.3) is 11.4 Å². The van der Waals surface area contributed by atoms with Crippen molar-refractivity contribution < 1.29 is 35.9 Å². The maximum Gasteiger partial charge on any atom is 0.417 e. The predicted octanol–water partition coefficient (Wildman–Crippen LogP) is 5.70. The van der Waals surface area contributed by atoms with Gasteiger partial charge in [-0.2, -0.15) is 17.6 Å². The van der Waals surface area contributed by atoms with Crippen LogP contribution < -0.4 is 10.9 Å². The highest BCUT2D eigenvalue weighted by molar-refractivity contribution is 6.31. The van der Waals surface area contributed by atoms with E-state index in [0.29, 0.717) is 24.5 Å². The maximum atomic E-state index is 15.4. The van der Waals surface area contributed by atoms with Crippen molar-refractivity contribution >= 4 is 17.5 Å². The molecule has 2 N–H and O–H groups in total. The number of aromatic amines is 1. The van der Waals surface area contributed by atoms with Gasteiger partial charge in [0.2, 0.25) is 11.7 Å². The van der Waals surface area contributed by atoms with Crippen LogP contribution in [0.1, 0.15) is 42.1 Å². The van der Waals surface area contributed by atoms with Gasteiger partial charge in [0.25, 0.3) is 5.56 Å². The number of carbonyl (C=O) groups excluding carboxylic acids is 1. The Hall–Kier alpha value is -3.38. The molecule has 1 aromatic heterocycles. The first-order valence-corrected chi connectivity index (χ1v) is 12.3. The molecule has 208 valence electrons. The number of benzene rings is 2. The fraction of sp³-hybridized carbons (Fsp3) is 0.346. The number of nitrogens with one attached hydrogen (secondary N) is 2. The number of carbonyl (C=O) groups is 1. The first-order chi connectivity index (χ1) is 18.4. The number of nitrogens with zero attached hydrogens (tertiary/aromatic N) is 1. The van der Waals surface area contributed by atoms with Crippen molar-refractivity contribution in [2.45, 2.75) is 51.6 Å². The summed E-state index contributed by atoms with van der Waals surface area (Å²) in [5.74, 6) is -4.77. The van der Waals surface area contributed by atoms with Gasteiger partial charge < -0.3 is 15.0 Å². The van der Waals surface area contributed by atoms with Crippen LogP contribution in [0.2, 0.25) is 5.02 Å². The Morgan fingerprint density at radius 3 is 2.46 bits per heavy atom. The Kier molecular flexibility index (Phi) is 8.36. The van der Waals surface area contributed by atoms with Crippen LogP contribution in [0.5, 0.6) is 0 Å². The summed E-state index contributed by atoms with van der Waals surface area (Å²) in [6.45, 7) is 1.13. The highest BCUT2D eigenvalue weighted by atomic mass is 35.5. The highest BCUT2D eigenvalue weighted by Crippen LogP contribution is 2.38. The van der Waals surface area contributed by atoms with Crippen molar-refractivity contribution in [2.24, 2.45) is 5.92 Å². The van der Waals surface area contributed by atoms with Crippen molar-refractivity contribution in [3.05, 3.63) is 85.5 Å². The SMILES string of the molecule is CCc1nc(-c2c(C(F)(F)F)ccc(CNC(=O)C3CC(OCc4ccc(F)cc4Cl)C3)c2F)[nH]c(=O)c1F. The third-order valence-electron chi connectivity index (χ3n) is 6.44. The van der Waals surface area contributed by atoms with Gasteiger partial charge in [0.1, 0.15) is 17.5 Å². The van der Waals surface area contributed by atoms with E-state index in [1.807, 2.05) is 4.98 Å². The van der Waals surface area contributed by atoms with Gasteiger partial charge in [0.15, 0.2) is 0 Å². The molecule has 0 radical (unpaired) electrons. The largest absolute Gasteiger partial charge is 0.417 e. The monoisotopic (exact) mass is 573 g/mol. The number of alkyl halides is 3. The molecule has 1 aliphatic rings. The molecular formula is C26H22ClF6N3O3. The second kappa shape index (κ2) is 11.4. The number of hydrogen-bond acceptors (Lipinski definition) is 4.